The molecule has 2 N–H and O–H groups in total. The van der Waals surface area contributed by atoms with Crippen molar-refractivity contribution in [1.29, 1.82) is 0 Å². The van der Waals surface area contributed by atoms with Crippen molar-refractivity contribution in [3.05, 3.63) is 101 Å². The second-order valence-electron chi connectivity index (χ2n) is 5.59. The van der Waals surface area contributed by atoms with Gasteiger partial charge in [-0.05, 0) is 62.7 Å². The fourth-order valence-electron chi connectivity index (χ4n) is 2.00. The zero-order chi connectivity index (χ0) is 19.2. The van der Waals surface area contributed by atoms with E-state index in [1.54, 1.807) is 0 Å². The van der Waals surface area contributed by atoms with Gasteiger partial charge in [0.15, 0.2) is 0 Å². The zero-order valence-electron chi connectivity index (χ0n) is 15.6. The highest BCUT2D eigenvalue weighted by molar-refractivity contribution is 6.30. The largest absolute Gasteiger partial charge is 0.494 e. The fraction of sp³-hybridized carbons (Fsp3) is 0.217. The molecule has 0 aliphatic rings. The first kappa shape index (κ1) is 21.8. The van der Waals surface area contributed by atoms with Crippen LogP contribution in [0, 0.1) is 26.0 Å². The van der Waals surface area contributed by atoms with Crippen LogP contribution in [-0.4, -0.2) is 6.61 Å². The number of hydrogen-bond acceptors (Lipinski definition) is 2. The predicted octanol–water partition coefficient (Wildman–Crippen LogP) is 5.79. The van der Waals surface area contributed by atoms with Crippen LogP contribution in [0.25, 0.3) is 0 Å². The maximum absolute atomic E-state index is 5.66. The summed E-state index contributed by atoms with van der Waals surface area (Å²) in [5.74, 6) is 0.868. The minimum atomic E-state index is 0.620. The van der Waals surface area contributed by atoms with Crippen molar-refractivity contribution < 1.29 is 4.74 Å². The smallest absolute Gasteiger partial charge is 0.119 e. The standard InChI is InChI=1S/C8H9ClO.C8H9.C7H8N/c1-2-10-8-5-3-7(9)4-6-8;1-7-4-3-5-8(2)6-7;8-6-7-4-2-1-3-5-7/h3-6H,2H2,1H3;4-6H,1-2H3;2-5H,6,8H2. The third-order valence-corrected chi connectivity index (χ3v) is 3.48. The number of benzene rings is 3. The van der Waals surface area contributed by atoms with Crippen molar-refractivity contribution in [2.75, 3.05) is 6.61 Å². The molecule has 0 atom stereocenters. The van der Waals surface area contributed by atoms with E-state index in [4.69, 9.17) is 22.1 Å². The highest BCUT2D eigenvalue weighted by Gasteiger charge is 1.89. The van der Waals surface area contributed by atoms with E-state index in [1.165, 1.54) is 11.1 Å². The minimum Gasteiger partial charge on any atom is -0.494 e. The maximum atomic E-state index is 5.66. The molecule has 0 fully saturated rings. The molecule has 0 bridgehead atoms. The van der Waals surface area contributed by atoms with Gasteiger partial charge in [-0.1, -0.05) is 65.2 Å². The lowest BCUT2D eigenvalue weighted by atomic mass is 10.2. The van der Waals surface area contributed by atoms with Crippen molar-refractivity contribution in [2.24, 2.45) is 5.73 Å². The molecular weight excluding hydrogens is 342 g/mol. The summed E-state index contributed by atoms with van der Waals surface area (Å²) in [5, 5.41) is 0.739. The first-order valence-electron chi connectivity index (χ1n) is 8.53. The normalized spacial score (nSPS) is 9.27. The lowest BCUT2D eigenvalue weighted by Gasteiger charge is -2.00. The van der Waals surface area contributed by atoms with Gasteiger partial charge < -0.3 is 10.5 Å². The Morgan fingerprint density at radius 3 is 1.88 bits per heavy atom. The summed E-state index contributed by atoms with van der Waals surface area (Å²) in [5.41, 5.74) is 9.06. The van der Waals surface area contributed by atoms with Crippen LogP contribution >= 0.6 is 11.6 Å². The highest BCUT2D eigenvalue weighted by atomic mass is 35.5. The number of halogens is 1. The molecule has 0 aliphatic heterocycles. The number of rotatable bonds is 3. The van der Waals surface area contributed by atoms with Crippen LogP contribution in [0.15, 0.2) is 66.7 Å². The van der Waals surface area contributed by atoms with E-state index >= 15 is 0 Å². The summed E-state index contributed by atoms with van der Waals surface area (Å²) in [6.45, 7) is 7.41. The van der Waals surface area contributed by atoms with Crippen molar-refractivity contribution >= 4 is 11.6 Å². The van der Waals surface area contributed by atoms with Crippen molar-refractivity contribution in [3.8, 4) is 5.75 Å². The van der Waals surface area contributed by atoms with Gasteiger partial charge in [-0.25, -0.2) is 0 Å². The maximum Gasteiger partial charge on any atom is 0.119 e. The lowest BCUT2D eigenvalue weighted by molar-refractivity contribution is 0.340. The average Bonchev–Trinajstić information content (AvgIpc) is 2.65. The Balaban J connectivity index is 0.000000197. The monoisotopic (exact) mass is 367 g/mol. The summed E-state index contributed by atoms with van der Waals surface area (Å²) < 4.78 is 5.20. The molecule has 26 heavy (non-hydrogen) atoms. The molecule has 3 aromatic carbocycles. The first-order valence-corrected chi connectivity index (χ1v) is 8.90. The Kier molecular flexibility index (Phi) is 10.9. The molecular formula is C23H26ClNO. The molecule has 3 heteroatoms. The Hall–Kier alpha value is -2.29. The van der Waals surface area contributed by atoms with E-state index in [9.17, 15) is 0 Å². The van der Waals surface area contributed by atoms with E-state index in [-0.39, 0.29) is 0 Å². The summed E-state index contributed by atoms with van der Waals surface area (Å²) in [6.07, 6.45) is 0. The molecule has 2 nitrogen and oxygen atoms in total. The van der Waals surface area contributed by atoms with Gasteiger partial charge in [0.25, 0.3) is 0 Å². The SMILES string of the molecule is CCOc1ccc(Cl)cc1.Cc1c[c]cc(C)c1.NCc1cc[c]cc1. The lowest BCUT2D eigenvalue weighted by Crippen LogP contribution is -1.94. The van der Waals surface area contributed by atoms with Gasteiger partial charge in [0.05, 0.1) is 6.61 Å². The second kappa shape index (κ2) is 13.0. The van der Waals surface area contributed by atoms with Crippen LogP contribution in [0.1, 0.15) is 23.6 Å². The number of nitrogens with two attached hydrogens (primary N) is 1. The predicted molar refractivity (Wildman–Crippen MR) is 111 cm³/mol. The molecule has 0 unspecified atom stereocenters. The van der Waals surface area contributed by atoms with E-state index in [0.717, 1.165) is 16.3 Å². The van der Waals surface area contributed by atoms with Gasteiger partial charge in [0.2, 0.25) is 0 Å². The second-order valence-corrected chi connectivity index (χ2v) is 6.02. The molecule has 136 valence electrons. The van der Waals surface area contributed by atoms with Crippen LogP contribution in [0.2, 0.25) is 5.02 Å². The van der Waals surface area contributed by atoms with E-state index < -0.39 is 0 Å². The molecule has 0 aliphatic carbocycles. The third kappa shape index (κ3) is 9.87. The summed E-state index contributed by atoms with van der Waals surface area (Å²) in [6, 6.07) is 27.0. The highest BCUT2D eigenvalue weighted by Crippen LogP contribution is 2.14. The average molecular weight is 368 g/mol. The summed E-state index contributed by atoms with van der Waals surface area (Å²) in [4.78, 5) is 0. The van der Waals surface area contributed by atoms with E-state index in [2.05, 4.69) is 32.0 Å². The van der Waals surface area contributed by atoms with Gasteiger partial charge in [-0.15, -0.1) is 0 Å². The van der Waals surface area contributed by atoms with E-state index in [0.29, 0.717) is 13.2 Å². The van der Waals surface area contributed by atoms with E-state index in [1.807, 2.05) is 67.6 Å². The molecule has 0 amide bonds. The molecule has 0 heterocycles. The van der Waals surface area contributed by atoms with Gasteiger partial charge in [-0.2, -0.15) is 0 Å². The molecule has 0 saturated carbocycles. The van der Waals surface area contributed by atoms with Gasteiger partial charge in [0, 0.05) is 11.6 Å². The van der Waals surface area contributed by atoms with Crippen LogP contribution in [0.4, 0.5) is 0 Å². The fourth-order valence-corrected chi connectivity index (χ4v) is 2.13. The van der Waals surface area contributed by atoms with Gasteiger partial charge in [0.1, 0.15) is 5.75 Å². The van der Waals surface area contributed by atoms with Crippen LogP contribution in [0.5, 0.6) is 5.75 Å². The van der Waals surface area contributed by atoms with Crippen LogP contribution in [-0.2, 0) is 6.54 Å². The van der Waals surface area contributed by atoms with Crippen molar-refractivity contribution in [1.82, 2.24) is 0 Å². The summed E-state index contributed by atoms with van der Waals surface area (Å²) in [7, 11) is 0. The number of aryl methyl sites for hydroxylation is 2. The molecule has 3 rings (SSSR count). The Labute approximate surface area is 162 Å². The minimum absolute atomic E-state index is 0.620. The molecule has 2 radical (unpaired) electrons. The Morgan fingerprint density at radius 1 is 0.923 bits per heavy atom. The Bertz CT molecular complexity index is 709. The topological polar surface area (TPSA) is 35.2 Å². The summed E-state index contributed by atoms with van der Waals surface area (Å²) >= 11 is 5.66. The van der Waals surface area contributed by atoms with Crippen LogP contribution < -0.4 is 10.5 Å². The zero-order valence-corrected chi connectivity index (χ0v) is 16.4. The number of ether oxygens (including phenoxy) is 1. The molecule has 0 saturated heterocycles. The third-order valence-electron chi connectivity index (χ3n) is 3.22. The molecule has 3 aromatic rings. The van der Waals surface area contributed by atoms with Crippen molar-refractivity contribution in [3.63, 3.8) is 0 Å². The number of hydrogen-bond donors (Lipinski definition) is 1. The quantitative estimate of drug-likeness (QED) is 0.636. The molecule has 0 aromatic heterocycles. The first-order chi connectivity index (χ1) is 12.5. The van der Waals surface area contributed by atoms with Gasteiger partial charge >= 0.3 is 0 Å². The van der Waals surface area contributed by atoms with Crippen molar-refractivity contribution in [2.45, 2.75) is 27.3 Å². The Morgan fingerprint density at radius 2 is 1.50 bits per heavy atom. The molecule has 0 spiro atoms. The van der Waals surface area contributed by atoms with Gasteiger partial charge in [-0.3, -0.25) is 0 Å². The van der Waals surface area contributed by atoms with Crippen LogP contribution in [0.3, 0.4) is 0 Å².